The first-order chi connectivity index (χ1) is 13.0. The molecule has 5 N–H and O–H groups in total. The van der Waals surface area contributed by atoms with Gasteiger partial charge in [-0.2, -0.15) is 0 Å². The Kier molecular flexibility index (Phi) is 35.2. The van der Waals surface area contributed by atoms with Crippen LogP contribution in [-0.2, 0) is 18.9 Å². The maximum atomic E-state index is 8.69. The Labute approximate surface area is 163 Å². The Balaban J connectivity index is -0.000000329. The van der Waals surface area contributed by atoms with Crippen LogP contribution in [0.5, 0.6) is 0 Å². The van der Waals surface area contributed by atoms with Gasteiger partial charge >= 0.3 is 0 Å². The summed E-state index contributed by atoms with van der Waals surface area (Å²) in [5, 5.41) is 41.6. The van der Waals surface area contributed by atoms with Gasteiger partial charge in [-0.15, -0.1) is 0 Å². The van der Waals surface area contributed by atoms with E-state index < -0.39 is 6.10 Å². The van der Waals surface area contributed by atoms with E-state index in [2.05, 4.69) is 11.7 Å². The van der Waals surface area contributed by atoms with Gasteiger partial charge in [0.2, 0.25) is 0 Å². The van der Waals surface area contributed by atoms with Crippen LogP contribution in [0.15, 0.2) is 0 Å². The summed E-state index contributed by atoms with van der Waals surface area (Å²) in [5.74, 6) is 0. The lowest BCUT2D eigenvalue weighted by atomic mass is 10.4. The standard InChI is InChI=1S/C8H18O3.C6H14O3.C4H10O3/c1-2-3-5-10-7-8-11-6-4-9;1-5(8)4-9-6(2)3-7;5-1-3-7-4-2-6/h9H,2-8H2,1H3;5-8H,3-4H2,1-2H3;5-6H,1-4H2. The largest absolute Gasteiger partial charge is 0.394 e. The van der Waals surface area contributed by atoms with Crippen molar-refractivity contribution in [3.63, 3.8) is 0 Å². The highest BCUT2D eigenvalue weighted by atomic mass is 16.5. The van der Waals surface area contributed by atoms with Crippen LogP contribution in [0.1, 0.15) is 33.6 Å². The zero-order valence-electron chi connectivity index (χ0n) is 17.2. The maximum absolute atomic E-state index is 8.69. The second-order valence-electron chi connectivity index (χ2n) is 5.54. The van der Waals surface area contributed by atoms with Crippen LogP contribution in [0.25, 0.3) is 0 Å². The molecule has 0 aromatic rings. The molecule has 9 heteroatoms. The van der Waals surface area contributed by atoms with Crippen LogP contribution in [-0.4, -0.2) is 110 Å². The molecule has 0 aromatic carbocycles. The second kappa shape index (κ2) is 30.4. The van der Waals surface area contributed by atoms with Crippen molar-refractivity contribution in [1.29, 1.82) is 0 Å². The number of unbranched alkanes of at least 4 members (excludes halogenated alkanes) is 1. The fourth-order valence-electron chi connectivity index (χ4n) is 1.22. The quantitative estimate of drug-likeness (QED) is 0.218. The third-order valence-corrected chi connectivity index (χ3v) is 2.60. The molecule has 0 heterocycles. The third kappa shape index (κ3) is 41.2. The minimum atomic E-state index is -0.445. The number of aliphatic hydroxyl groups excluding tert-OH is 5. The highest BCUT2D eigenvalue weighted by Gasteiger charge is 2.00. The van der Waals surface area contributed by atoms with Crippen molar-refractivity contribution in [1.82, 2.24) is 0 Å². The molecular formula is C18H42O9. The van der Waals surface area contributed by atoms with Gasteiger partial charge in [0.15, 0.2) is 0 Å². The molecule has 2 unspecified atom stereocenters. The predicted octanol–water partition coefficient (Wildman–Crippen LogP) is -0.436. The van der Waals surface area contributed by atoms with Crippen LogP contribution < -0.4 is 0 Å². The van der Waals surface area contributed by atoms with E-state index >= 15 is 0 Å². The molecule has 0 aliphatic heterocycles. The smallest absolute Gasteiger partial charge is 0.0779 e. The third-order valence-electron chi connectivity index (χ3n) is 2.60. The molecule has 0 aliphatic carbocycles. The monoisotopic (exact) mass is 402 g/mol. The van der Waals surface area contributed by atoms with E-state index in [0.717, 1.165) is 19.4 Å². The Bertz CT molecular complexity index is 219. The normalized spacial score (nSPS) is 12.4. The van der Waals surface area contributed by atoms with Gasteiger partial charge in [0.25, 0.3) is 0 Å². The fourth-order valence-corrected chi connectivity index (χ4v) is 1.22. The van der Waals surface area contributed by atoms with Crippen LogP contribution in [0, 0.1) is 0 Å². The molecule has 27 heavy (non-hydrogen) atoms. The number of hydrogen-bond acceptors (Lipinski definition) is 9. The lowest BCUT2D eigenvalue weighted by Crippen LogP contribution is -2.19. The van der Waals surface area contributed by atoms with E-state index in [1.807, 2.05) is 0 Å². The SMILES string of the molecule is CC(O)COC(C)CO.CCCCOCCOCCO.OCCOCCO. The predicted molar refractivity (Wildman–Crippen MR) is 103 cm³/mol. The summed E-state index contributed by atoms with van der Waals surface area (Å²) in [6.45, 7) is 9.07. The summed E-state index contributed by atoms with van der Waals surface area (Å²) >= 11 is 0. The average Bonchev–Trinajstić information content (AvgIpc) is 2.67. The molecule has 0 saturated heterocycles. The molecule has 0 fully saturated rings. The minimum absolute atomic E-state index is 0.00667. The number of aliphatic hydroxyl groups is 5. The Morgan fingerprint density at radius 3 is 1.52 bits per heavy atom. The van der Waals surface area contributed by atoms with Crippen molar-refractivity contribution in [2.45, 2.75) is 45.8 Å². The first kappa shape index (κ1) is 31.3. The summed E-state index contributed by atoms with van der Waals surface area (Å²) in [7, 11) is 0. The minimum Gasteiger partial charge on any atom is -0.394 e. The Morgan fingerprint density at radius 2 is 1.15 bits per heavy atom. The summed E-state index contributed by atoms with van der Waals surface area (Å²) in [6.07, 6.45) is 1.66. The van der Waals surface area contributed by atoms with Crippen molar-refractivity contribution < 1.29 is 44.5 Å². The van der Waals surface area contributed by atoms with E-state index in [9.17, 15) is 0 Å². The van der Waals surface area contributed by atoms with Crippen LogP contribution in [0.4, 0.5) is 0 Å². The van der Waals surface area contributed by atoms with Crippen molar-refractivity contribution in [2.75, 3.05) is 72.7 Å². The highest BCUT2D eigenvalue weighted by molar-refractivity contribution is 4.47. The Hall–Kier alpha value is -0.360. The van der Waals surface area contributed by atoms with Gasteiger partial charge < -0.3 is 44.5 Å². The van der Waals surface area contributed by atoms with E-state index in [0.29, 0.717) is 39.6 Å². The lowest BCUT2D eigenvalue weighted by Gasteiger charge is -2.10. The summed E-state index contributed by atoms with van der Waals surface area (Å²) in [5.41, 5.74) is 0. The zero-order valence-corrected chi connectivity index (χ0v) is 17.2. The van der Waals surface area contributed by atoms with Crippen molar-refractivity contribution in [3.05, 3.63) is 0 Å². The first-order valence-corrected chi connectivity index (χ1v) is 9.46. The van der Waals surface area contributed by atoms with E-state index in [1.54, 1.807) is 13.8 Å². The summed E-state index contributed by atoms with van der Waals surface area (Å²) in [4.78, 5) is 0. The molecule has 0 bridgehead atoms. The van der Waals surface area contributed by atoms with Crippen molar-refractivity contribution >= 4 is 0 Å². The molecule has 2 atom stereocenters. The van der Waals surface area contributed by atoms with E-state index in [4.69, 9.17) is 39.7 Å². The second-order valence-corrected chi connectivity index (χ2v) is 5.54. The average molecular weight is 403 g/mol. The van der Waals surface area contributed by atoms with Gasteiger partial charge in [-0.3, -0.25) is 0 Å². The molecule has 0 amide bonds. The van der Waals surface area contributed by atoms with Crippen molar-refractivity contribution in [2.24, 2.45) is 0 Å². The van der Waals surface area contributed by atoms with Crippen LogP contribution in [0.2, 0.25) is 0 Å². The molecule has 9 nitrogen and oxygen atoms in total. The molecule has 168 valence electrons. The summed E-state index contributed by atoms with van der Waals surface area (Å²) in [6, 6.07) is 0. The van der Waals surface area contributed by atoms with Gasteiger partial charge in [-0.25, -0.2) is 0 Å². The number of ether oxygens (including phenoxy) is 4. The molecule has 0 saturated carbocycles. The van der Waals surface area contributed by atoms with Crippen molar-refractivity contribution in [3.8, 4) is 0 Å². The maximum Gasteiger partial charge on any atom is 0.0779 e. The number of hydrogen-bond donors (Lipinski definition) is 5. The van der Waals surface area contributed by atoms with E-state index in [1.165, 1.54) is 0 Å². The number of rotatable bonds is 16. The highest BCUT2D eigenvalue weighted by Crippen LogP contribution is 1.90. The zero-order chi connectivity index (χ0) is 21.2. The van der Waals surface area contributed by atoms with Gasteiger partial charge in [0, 0.05) is 6.61 Å². The fraction of sp³-hybridized carbons (Fsp3) is 1.00. The molecule has 0 aliphatic rings. The molecule has 0 spiro atoms. The molecule has 0 rings (SSSR count). The molecular weight excluding hydrogens is 360 g/mol. The summed E-state index contributed by atoms with van der Waals surface area (Å²) < 4.78 is 19.8. The van der Waals surface area contributed by atoms with Gasteiger partial charge in [-0.1, -0.05) is 13.3 Å². The van der Waals surface area contributed by atoms with Gasteiger partial charge in [-0.05, 0) is 20.3 Å². The molecule has 0 radical (unpaired) electrons. The topological polar surface area (TPSA) is 138 Å². The van der Waals surface area contributed by atoms with Crippen LogP contribution in [0.3, 0.4) is 0 Å². The first-order valence-electron chi connectivity index (χ1n) is 9.46. The van der Waals surface area contributed by atoms with E-state index in [-0.39, 0.29) is 32.5 Å². The van der Waals surface area contributed by atoms with Crippen LogP contribution >= 0.6 is 0 Å². The lowest BCUT2D eigenvalue weighted by molar-refractivity contribution is -0.0177. The van der Waals surface area contributed by atoms with Gasteiger partial charge in [0.1, 0.15) is 0 Å². The molecule has 0 aromatic heterocycles. The Morgan fingerprint density at radius 1 is 0.704 bits per heavy atom. The van der Waals surface area contributed by atoms with Gasteiger partial charge in [0.05, 0.1) is 78.3 Å².